The number of carbonyl (C=O) groups excluding carboxylic acids is 1. The van der Waals surface area contributed by atoms with Gasteiger partial charge in [-0.2, -0.15) is 0 Å². The number of rotatable bonds is 5. The van der Waals surface area contributed by atoms with Crippen LogP contribution in [0.25, 0.3) is 0 Å². The number of anilines is 1. The topological polar surface area (TPSA) is 77.0 Å². The van der Waals surface area contributed by atoms with E-state index < -0.39 is 5.97 Å². The molecule has 0 aliphatic carbocycles. The Morgan fingerprint density at radius 1 is 1.30 bits per heavy atom. The van der Waals surface area contributed by atoms with E-state index in [0.717, 1.165) is 12.1 Å². The van der Waals surface area contributed by atoms with Crippen molar-refractivity contribution in [1.29, 1.82) is 0 Å². The van der Waals surface area contributed by atoms with Crippen molar-refractivity contribution in [3.63, 3.8) is 0 Å². The van der Waals surface area contributed by atoms with E-state index in [1.165, 1.54) is 12.7 Å². The van der Waals surface area contributed by atoms with Gasteiger partial charge in [-0.3, -0.25) is 4.98 Å². The number of hydrogen-bond donors (Lipinski definition) is 1. The number of methoxy groups -OCH3 is 1. The van der Waals surface area contributed by atoms with Crippen LogP contribution in [0.2, 0.25) is 0 Å². The Hall–Kier alpha value is -2.50. The summed E-state index contributed by atoms with van der Waals surface area (Å²) in [6.07, 6.45) is 2.69. The zero-order chi connectivity index (χ0) is 14.4. The molecule has 0 fully saturated rings. The number of nitrogens with one attached hydrogen (secondary N) is 1. The van der Waals surface area contributed by atoms with Crippen LogP contribution >= 0.6 is 0 Å². The standard InChI is InChI=1S/C14H16N4O2/c1-3-10-5-4-8-15-12(10)9-16-13-7-6-11(17-18-13)14(19)20-2/h4-8H,3,9H2,1-2H3,(H,16,18). The molecule has 2 aromatic heterocycles. The van der Waals surface area contributed by atoms with Crippen molar-refractivity contribution >= 4 is 11.8 Å². The minimum absolute atomic E-state index is 0.185. The fraction of sp³-hybridized carbons (Fsp3) is 0.286. The van der Waals surface area contributed by atoms with Gasteiger partial charge in [-0.15, -0.1) is 10.2 Å². The van der Waals surface area contributed by atoms with Gasteiger partial charge in [0.25, 0.3) is 0 Å². The van der Waals surface area contributed by atoms with Gasteiger partial charge in [-0.1, -0.05) is 13.0 Å². The second-order valence-electron chi connectivity index (χ2n) is 4.11. The fourth-order valence-corrected chi connectivity index (χ4v) is 1.77. The number of nitrogens with zero attached hydrogens (tertiary/aromatic N) is 3. The maximum atomic E-state index is 11.2. The van der Waals surface area contributed by atoms with Gasteiger partial charge in [-0.05, 0) is 30.2 Å². The maximum absolute atomic E-state index is 11.2. The van der Waals surface area contributed by atoms with Crippen molar-refractivity contribution in [2.45, 2.75) is 19.9 Å². The molecule has 2 aromatic rings. The summed E-state index contributed by atoms with van der Waals surface area (Å²) in [5.41, 5.74) is 2.36. The third kappa shape index (κ3) is 3.28. The van der Waals surface area contributed by atoms with Crippen LogP contribution in [0, 0.1) is 0 Å². The Morgan fingerprint density at radius 3 is 2.80 bits per heavy atom. The maximum Gasteiger partial charge on any atom is 0.358 e. The van der Waals surface area contributed by atoms with Crippen LogP contribution in [0.1, 0.15) is 28.7 Å². The Morgan fingerprint density at radius 2 is 2.15 bits per heavy atom. The van der Waals surface area contributed by atoms with E-state index in [9.17, 15) is 4.79 Å². The summed E-state index contributed by atoms with van der Waals surface area (Å²) in [5.74, 6) is 0.0902. The first-order chi connectivity index (χ1) is 9.74. The lowest BCUT2D eigenvalue weighted by Crippen LogP contribution is -2.09. The van der Waals surface area contributed by atoms with Crippen LogP contribution < -0.4 is 5.32 Å². The monoisotopic (exact) mass is 272 g/mol. The first-order valence-electron chi connectivity index (χ1n) is 6.33. The lowest BCUT2D eigenvalue weighted by atomic mass is 10.1. The van der Waals surface area contributed by atoms with Gasteiger partial charge in [0.2, 0.25) is 0 Å². The summed E-state index contributed by atoms with van der Waals surface area (Å²) in [7, 11) is 1.31. The minimum atomic E-state index is -0.498. The predicted octanol–water partition coefficient (Wildman–Crippen LogP) is 1.83. The SMILES string of the molecule is CCc1cccnc1CNc1ccc(C(=O)OC)nn1. The molecule has 1 N–H and O–H groups in total. The van der Waals surface area contributed by atoms with E-state index in [1.807, 2.05) is 6.07 Å². The number of pyridine rings is 1. The zero-order valence-corrected chi connectivity index (χ0v) is 11.5. The van der Waals surface area contributed by atoms with Gasteiger partial charge in [0.15, 0.2) is 5.69 Å². The third-order valence-electron chi connectivity index (χ3n) is 2.86. The van der Waals surface area contributed by atoms with Crippen molar-refractivity contribution in [2.75, 3.05) is 12.4 Å². The smallest absolute Gasteiger partial charge is 0.358 e. The predicted molar refractivity (Wildman–Crippen MR) is 74.3 cm³/mol. The van der Waals surface area contributed by atoms with Gasteiger partial charge in [0.05, 0.1) is 19.3 Å². The Labute approximate surface area is 117 Å². The highest BCUT2D eigenvalue weighted by molar-refractivity contribution is 5.86. The molecule has 0 aliphatic rings. The van der Waals surface area contributed by atoms with Gasteiger partial charge >= 0.3 is 5.97 Å². The van der Waals surface area contributed by atoms with E-state index in [1.54, 1.807) is 18.3 Å². The number of aryl methyl sites for hydroxylation is 1. The van der Waals surface area contributed by atoms with Crippen LogP contribution in [0.3, 0.4) is 0 Å². The third-order valence-corrected chi connectivity index (χ3v) is 2.86. The molecule has 0 amide bonds. The van der Waals surface area contributed by atoms with E-state index in [0.29, 0.717) is 12.4 Å². The van der Waals surface area contributed by atoms with Gasteiger partial charge in [0.1, 0.15) is 5.82 Å². The molecule has 20 heavy (non-hydrogen) atoms. The summed E-state index contributed by atoms with van der Waals surface area (Å²) in [4.78, 5) is 15.6. The molecular formula is C14H16N4O2. The van der Waals surface area contributed by atoms with Crippen LogP contribution in [0.4, 0.5) is 5.82 Å². The molecule has 0 aliphatic heterocycles. The normalized spacial score (nSPS) is 10.1. The van der Waals surface area contributed by atoms with E-state index in [2.05, 4.69) is 38.2 Å². The van der Waals surface area contributed by atoms with E-state index in [-0.39, 0.29) is 5.69 Å². The first kappa shape index (κ1) is 13.9. The molecule has 0 unspecified atom stereocenters. The number of aromatic nitrogens is 3. The second-order valence-corrected chi connectivity index (χ2v) is 4.11. The highest BCUT2D eigenvalue weighted by atomic mass is 16.5. The number of carbonyl (C=O) groups is 1. The van der Waals surface area contributed by atoms with Gasteiger partial charge < -0.3 is 10.1 Å². The largest absolute Gasteiger partial charge is 0.464 e. The van der Waals surface area contributed by atoms with Crippen molar-refractivity contribution in [2.24, 2.45) is 0 Å². The fourth-order valence-electron chi connectivity index (χ4n) is 1.77. The molecule has 6 nitrogen and oxygen atoms in total. The molecule has 0 saturated carbocycles. The molecule has 0 aromatic carbocycles. The Bertz CT molecular complexity index is 584. The highest BCUT2D eigenvalue weighted by Crippen LogP contribution is 2.09. The van der Waals surface area contributed by atoms with Crippen molar-refractivity contribution in [3.05, 3.63) is 47.4 Å². The number of esters is 1. The molecule has 0 atom stereocenters. The molecule has 0 bridgehead atoms. The molecule has 0 radical (unpaired) electrons. The molecule has 2 heterocycles. The summed E-state index contributed by atoms with van der Waals surface area (Å²) < 4.78 is 4.56. The van der Waals surface area contributed by atoms with Crippen LogP contribution in [-0.2, 0) is 17.7 Å². The van der Waals surface area contributed by atoms with E-state index in [4.69, 9.17) is 0 Å². The van der Waals surface area contributed by atoms with Crippen molar-refractivity contribution in [3.8, 4) is 0 Å². The number of ether oxygens (including phenoxy) is 1. The quantitative estimate of drug-likeness (QED) is 0.837. The van der Waals surface area contributed by atoms with Gasteiger partial charge in [0, 0.05) is 6.20 Å². The van der Waals surface area contributed by atoms with Crippen LogP contribution in [0.5, 0.6) is 0 Å². The molecule has 0 spiro atoms. The molecule has 0 saturated heterocycles. The summed E-state index contributed by atoms with van der Waals surface area (Å²) >= 11 is 0. The van der Waals surface area contributed by atoms with Crippen molar-refractivity contribution < 1.29 is 9.53 Å². The molecule has 104 valence electrons. The molecular weight excluding hydrogens is 256 g/mol. The lowest BCUT2D eigenvalue weighted by molar-refractivity contribution is 0.0593. The summed E-state index contributed by atoms with van der Waals surface area (Å²) in [6, 6.07) is 7.23. The number of hydrogen-bond acceptors (Lipinski definition) is 6. The van der Waals surface area contributed by atoms with Crippen LogP contribution in [-0.4, -0.2) is 28.3 Å². The minimum Gasteiger partial charge on any atom is -0.464 e. The summed E-state index contributed by atoms with van der Waals surface area (Å²) in [6.45, 7) is 2.65. The van der Waals surface area contributed by atoms with E-state index >= 15 is 0 Å². The average Bonchev–Trinajstić information content (AvgIpc) is 2.53. The summed E-state index contributed by atoms with van der Waals surface area (Å²) in [5, 5.41) is 10.9. The first-order valence-corrected chi connectivity index (χ1v) is 6.33. The lowest BCUT2D eigenvalue weighted by Gasteiger charge is -2.08. The zero-order valence-electron chi connectivity index (χ0n) is 11.5. The molecule has 2 rings (SSSR count). The Kier molecular flexibility index (Phi) is 4.60. The van der Waals surface area contributed by atoms with Crippen LogP contribution in [0.15, 0.2) is 30.5 Å². The highest BCUT2D eigenvalue weighted by Gasteiger charge is 2.08. The van der Waals surface area contributed by atoms with Crippen molar-refractivity contribution in [1.82, 2.24) is 15.2 Å². The van der Waals surface area contributed by atoms with Gasteiger partial charge in [-0.25, -0.2) is 4.79 Å². The average molecular weight is 272 g/mol. The second kappa shape index (κ2) is 6.60. The molecule has 6 heteroatoms. The Balaban J connectivity index is 2.02.